The minimum atomic E-state index is 0. The van der Waals surface area contributed by atoms with Crippen molar-refractivity contribution in [2.75, 3.05) is 6.54 Å². The third-order valence-corrected chi connectivity index (χ3v) is 2.82. The van der Waals surface area contributed by atoms with Crippen molar-refractivity contribution in [3.8, 4) is 11.3 Å². The fraction of sp³-hybridized carbons (Fsp3) is 0.357. The molecule has 0 spiro atoms. The van der Waals surface area contributed by atoms with E-state index >= 15 is 0 Å². The summed E-state index contributed by atoms with van der Waals surface area (Å²) in [7, 11) is 0. The molecule has 0 saturated heterocycles. The molecule has 0 bridgehead atoms. The van der Waals surface area contributed by atoms with Crippen molar-refractivity contribution < 1.29 is 0 Å². The normalized spacial score (nSPS) is 10.4. The quantitative estimate of drug-likeness (QED) is 0.923. The molecule has 1 aromatic carbocycles. The van der Waals surface area contributed by atoms with Gasteiger partial charge in [-0.2, -0.15) is 5.10 Å². The van der Waals surface area contributed by atoms with Crippen LogP contribution < -0.4 is 5.73 Å². The SMILES string of the molecule is CC(C)n1nccc1-c1cccc(CCN)c1.Cl. The van der Waals surface area contributed by atoms with Crippen molar-refractivity contribution in [2.45, 2.75) is 26.3 Å². The second-order valence-electron chi connectivity index (χ2n) is 4.49. The molecule has 2 rings (SSSR count). The van der Waals surface area contributed by atoms with Crippen molar-refractivity contribution in [3.05, 3.63) is 42.1 Å². The lowest BCUT2D eigenvalue weighted by atomic mass is 10.1. The van der Waals surface area contributed by atoms with E-state index in [0.29, 0.717) is 12.6 Å². The Hall–Kier alpha value is -1.32. The second-order valence-corrected chi connectivity index (χ2v) is 4.49. The molecule has 0 radical (unpaired) electrons. The molecular weight excluding hydrogens is 246 g/mol. The van der Waals surface area contributed by atoms with Crippen LogP contribution in [0.2, 0.25) is 0 Å². The maximum absolute atomic E-state index is 5.59. The summed E-state index contributed by atoms with van der Waals surface area (Å²) in [6.45, 7) is 4.97. The number of hydrogen-bond donors (Lipinski definition) is 1. The van der Waals surface area contributed by atoms with Crippen LogP contribution in [0.3, 0.4) is 0 Å². The maximum Gasteiger partial charge on any atom is 0.0685 e. The van der Waals surface area contributed by atoms with Crippen LogP contribution in [-0.2, 0) is 6.42 Å². The molecule has 0 atom stereocenters. The lowest BCUT2D eigenvalue weighted by Gasteiger charge is -2.11. The second kappa shape index (κ2) is 6.57. The minimum Gasteiger partial charge on any atom is -0.330 e. The zero-order valence-corrected chi connectivity index (χ0v) is 11.7. The van der Waals surface area contributed by atoms with Gasteiger partial charge in [0.1, 0.15) is 0 Å². The molecule has 0 amide bonds. The fourth-order valence-corrected chi connectivity index (χ4v) is 2.01. The molecule has 1 aromatic heterocycles. The number of nitrogens with zero attached hydrogens (tertiary/aromatic N) is 2. The highest BCUT2D eigenvalue weighted by Gasteiger charge is 2.08. The van der Waals surface area contributed by atoms with Gasteiger partial charge in [-0.05, 0) is 44.5 Å². The molecule has 4 heteroatoms. The van der Waals surface area contributed by atoms with Crippen molar-refractivity contribution in [2.24, 2.45) is 5.73 Å². The smallest absolute Gasteiger partial charge is 0.0685 e. The Bertz CT molecular complexity index is 491. The first-order valence-corrected chi connectivity index (χ1v) is 6.05. The Balaban J connectivity index is 0.00000162. The number of benzene rings is 1. The lowest BCUT2D eigenvalue weighted by Crippen LogP contribution is -2.05. The van der Waals surface area contributed by atoms with E-state index in [1.807, 2.05) is 10.9 Å². The highest BCUT2D eigenvalue weighted by molar-refractivity contribution is 5.85. The van der Waals surface area contributed by atoms with E-state index in [1.165, 1.54) is 16.8 Å². The largest absolute Gasteiger partial charge is 0.330 e. The summed E-state index contributed by atoms with van der Waals surface area (Å²) < 4.78 is 2.04. The Morgan fingerprint density at radius 3 is 2.72 bits per heavy atom. The highest BCUT2D eigenvalue weighted by atomic mass is 35.5. The number of halogens is 1. The Morgan fingerprint density at radius 1 is 1.28 bits per heavy atom. The number of nitrogens with two attached hydrogens (primary N) is 1. The monoisotopic (exact) mass is 265 g/mol. The van der Waals surface area contributed by atoms with Gasteiger partial charge in [0, 0.05) is 17.8 Å². The Morgan fingerprint density at radius 2 is 2.06 bits per heavy atom. The van der Waals surface area contributed by atoms with Gasteiger partial charge < -0.3 is 5.73 Å². The molecule has 0 aliphatic rings. The average molecular weight is 266 g/mol. The third kappa shape index (κ3) is 3.12. The molecule has 1 heterocycles. The molecule has 0 aliphatic carbocycles. The van der Waals surface area contributed by atoms with Gasteiger partial charge in [0.2, 0.25) is 0 Å². The highest BCUT2D eigenvalue weighted by Crippen LogP contribution is 2.22. The van der Waals surface area contributed by atoms with Crippen molar-refractivity contribution >= 4 is 12.4 Å². The summed E-state index contributed by atoms with van der Waals surface area (Å²) >= 11 is 0. The molecule has 18 heavy (non-hydrogen) atoms. The van der Waals surface area contributed by atoms with E-state index in [-0.39, 0.29) is 12.4 Å². The van der Waals surface area contributed by atoms with Crippen molar-refractivity contribution in [1.82, 2.24) is 9.78 Å². The summed E-state index contributed by atoms with van der Waals surface area (Å²) in [4.78, 5) is 0. The van der Waals surface area contributed by atoms with Gasteiger partial charge in [0.25, 0.3) is 0 Å². The van der Waals surface area contributed by atoms with Gasteiger partial charge >= 0.3 is 0 Å². The van der Waals surface area contributed by atoms with Crippen LogP contribution in [0.1, 0.15) is 25.5 Å². The molecule has 0 unspecified atom stereocenters. The predicted molar refractivity (Wildman–Crippen MR) is 78.1 cm³/mol. The molecule has 0 fully saturated rings. The van der Waals surface area contributed by atoms with Gasteiger partial charge in [0.15, 0.2) is 0 Å². The van der Waals surface area contributed by atoms with Crippen LogP contribution in [0.15, 0.2) is 36.5 Å². The predicted octanol–water partition coefficient (Wildman–Crippen LogP) is 3.05. The summed E-state index contributed by atoms with van der Waals surface area (Å²) in [6.07, 6.45) is 2.77. The minimum absolute atomic E-state index is 0. The van der Waals surface area contributed by atoms with Gasteiger partial charge in [-0.1, -0.05) is 18.2 Å². The molecule has 0 saturated carbocycles. The van der Waals surface area contributed by atoms with Crippen molar-refractivity contribution in [1.29, 1.82) is 0 Å². The van der Waals surface area contributed by atoms with Gasteiger partial charge in [0.05, 0.1) is 5.69 Å². The average Bonchev–Trinajstić information content (AvgIpc) is 2.79. The summed E-state index contributed by atoms with van der Waals surface area (Å²) in [5.74, 6) is 0. The fourth-order valence-electron chi connectivity index (χ4n) is 2.01. The Kier molecular flexibility index (Phi) is 5.38. The third-order valence-electron chi connectivity index (χ3n) is 2.82. The first-order chi connectivity index (χ1) is 8.22. The van der Waals surface area contributed by atoms with Gasteiger partial charge in [-0.3, -0.25) is 4.68 Å². The van der Waals surface area contributed by atoms with Crippen LogP contribution in [0.25, 0.3) is 11.3 Å². The molecule has 2 N–H and O–H groups in total. The standard InChI is InChI=1S/C14H19N3.ClH/c1-11(2)17-14(7-9-16-17)13-5-3-4-12(10-13)6-8-15;/h3-5,7,9-11H,6,8,15H2,1-2H3;1H. The number of hydrogen-bond acceptors (Lipinski definition) is 2. The Labute approximate surface area is 114 Å². The van der Waals surface area contributed by atoms with Crippen molar-refractivity contribution in [3.63, 3.8) is 0 Å². The summed E-state index contributed by atoms with van der Waals surface area (Å²) in [6, 6.07) is 10.9. The summed E-state index contributed by atoms with van der Waals surface area (Å²) in [5.41, 5.74) is 9.24. The zero-order valence-electron chi connectivity index (χ0n) is 10.8. The van der Waals surface area contributed by atoms with Crippen LogP contribution in [0.4, 0.5) is 0 Å². The van der Waals surface area contributed by atoms with E-state index in [0.717, 1.165) is 6.42 Å². The van der Waals surface area contributed by atoms with E-state index in [9.17, 15) is 0 Å². The van der Waals surface area contributed by atoms with Crippen LogP contribution in [-0.4, -0.2) is 16.3 Å². The number of rotatable bonds is 4. The molecular formula is C14H20ClN3. The van der Waals surface area contributed by atoms with Gasteiger partial charge in [-0.15, -0.1) is 12.4 Å². The first-order valence-electron chi connectivity index (χ1n) is 6.05. The van der Waals surface area contributed by atoms with Crippen LogP contribution in [0.5, 0.6) is 0 Å². The maximum atomic E-state index is 5.59. The zero-order chi connectivity index (χ0) is 12.3. The van der Waals surface area contributed by atoms with E-state index in [4.69, 9.17) is 5.73 Å². The lowest BCUT2D eigenvalue weighted by molar-refractivity contribution is 0.538. The van der Waals surface area contributed by atoms with Crippen LogP contribution in [0, 0.1) is 0 Å². The number of aromatic nitrogens is 2. The van der Waals surface area contributed by atoms with Crippen LogP contribution >= 0.6 is 12.4 Å². The van der Waals surface area contributed by atoms with E-state index < -0.39 is 0 Å². The first kappa shape index (κ1) is 14.7. The van der Waals surface area contributed by atoms with E-state index in [2.05, 4.69) is 49.3 Å². The summed E-state index contributed by atoms with van der Waals surface area (Å²) in [5, 5.41) is 4.36. The molecule has 3 nitrogen and oxygen atoms in total. The molecule has 0 aliphatic heterocycles. The molecule has 98 valence electrons. The van der Waals surface area contributed by atoms with Gasteiger partial charge in [-0.25, -0.2) is 0 Å². The topological polar surface area (TPSA) is 43.8 Å². The molecule has 2 aromatic rings. The van der Waals surface area contributed by atoms with E-state index in [1.54, 1.807) is 0 Å².